The monoisotopic (exact) mass is 383 g/mol. The number of thiazole rings is 1. The number of hydrogen-bond donors (Lipinski definition) is 2. The number of benzene rings is 2. The Morgan fingerprint density at radius 3 is 2.96 bits per heavy atom. The molecular formula is C19H17N3O4S. The zero-order chi connectivity index (χ0) is 19.0. The van der Waals surface area contributed by atoms with E-state index in [-0.39, 0.29) is 0 Å². The van der Waals surface area contributed by atoms with Crippen LogP contribution in [0.15, 0.2) is 42.5 Å². The molecule has 2 aromatic carbocycles. The SMILES string of the molecule is CCOc1ccc2nc(NC(=O)C3(C)Oc4ccccc4NC3=O)sc2c1. The van der Waals surface area contributed by atoms with Crippen LogP contribution >= 0.6 is 11.3 Å². The molecule has 3 aromatic rings. The summed E-state index contributed by atoms with van der Waals surface area (Å²) < 4.78 is 12.1. The van der Waals surface area contributed by atoms with Gasteiger partial charge < -0.3 is 14.8 Å². The summed E-state index contributed by atoms with van der Waals surface area (Å²) in [6.45, 7) is 3.92. The summed E-state index contributed by atoms with van der Waals surface area (Å²) in [4.78, 5) is 29.7. The molecule has 7 nitrogen and oxygen atoms in total. The van der Waals surface area contributed by atoms with Gasteiger partial charge in [-0.2, -0.15) is 0 Å². The third kappa shape index (κ3) is 3.08. The van der Waals surface area contributed by atoms with Crippen molar-refractivity contribution in [2.24, 2.45) is 0 Å². The fourth-order valence-corrected chi connectivity index (χ4v) is 3.64. The summed E-state index contributed by atoms with van der Waals surface area (Å²) in [7, 11) is 0. The number of nitrogens with one attached hydrogen (secondary N) is 2. The van der Waals surface area contributed by atoms with Gasteiger partial charge in [0.25, 0.3) is 17.4 Å². The molecule has 2 N–H and O–H groups in total. The zero-order valence-electron chi connectivity index (χ0n) is 14.7. The van der Waals surface area contributed by atoms with Crippen molar-refractivity contribution in [1.82, 2.24) is 4.98 Å². The molecule has 1 unspecified atom stereocenters. The van der Waals surface area contributed by atoms with Gasteiger partial charge in [-0.05, 0) is 44.2 Å². The highest BCUT2D eigenvalue weighted by Gasteiger charge is 2.47. The van der Waals surface area contributed by atoms with Gasteiger partial charge in [0, 0.05) is 0 Å². The number of fused-ring (bicyclic) bond motifs is 2. The van der Waals surface area contributed by atoms with Crippen LogP contribution in [0.4, 0.5) is 10.8 Å². The number of carbonyl (C=O) groups is 2. The summed E-state index contributed by atoms with van der Waals surface area (Å²) in [5.41, 5.74) is -0.414. The molecule has 0 saturated heterocycles. The molecule has 138 valence electrons. The first kappa shape index (κ1) is 17.3. The Morgan fingerprint density at radius 1 is 1.33 bits per heavy atom. The first-order valence-corrected chi connectivity index (χ1v) is 9.25. The maximum Gasteiger partial charge on any atom is 0.280 e. The molecule has 2 amide bonds. The summed E-state index contributed by atoms with van der Waals surface area (Å²) in [5.74, 6) is 0.0718. The Balaban J connectivity index is 1.58. The molecule has 0 aliphatic carbocycles. The Morgan fingerprint density at radius 2 is 2.15 bits per heavy atom. The van der Waals surface area contributed by atoms with E-state index >= 15 is 0 Å². The van der Waals surface area contributed by atoms with Gasteiger partial charge in [0.15, 0.2) is 5.13 Å². The second-order valence-electron chi connectivity index (χ2n) is 6.12. The molecule has 27 heavy (non-hydrogen) atoms. The molecule has 1 aliphatic rings. The number of rotatable bonds is 4. The predicted octanol–water partition coefficient (Wildman–Crippen LogP) is 3.42. The van der Waals surface area contributed by atoms with Crippen molar-refractivity contribution < 1.29 is 19.1 Å². The Kier molecular flexibility index (Phi) is 4.19. The van der Waals surface area contributed by atoms with Crippen LogP contribution in [0.5, 0.6) is 11.5 Å². The number of ether oxygens (including phenoxy) is 2. The van der Waals surface area contributed by atoms with Gasteiger partial charge in [-0.1, -0.05) is 23.5 Å². The average Bonchev–Trinajstić information content (AvgIpc) is 3.04. The van der Waals surface area contributed by atoms with Crippen molar-refractivity contribution in [3.63, 3.8) is 0 Å². The predicted molar refractivity (Wildman–Crippen MR) is 104 cm³/mol. The number of anilines is 2. The van der Waals surface area contributed by atoms with E-state index < -0.39 is 17.4 Å². The van der Waals surface area contributed by atoms with Crippen LogP contribution in [0.25, 0.3) is 10.2 Å². The lowest BCUT2D eigenvalue weighted by molar-refractivity contribution is -0.143. The molecule has 2 heterocycles. The van der Waals surface area contributed by atoms with Crippen molar-refractivity contribution in [1.29, 1.82) is 0 Å². The van der Waals surface area contributed by atoms with Gasteiger partial charge in [0.1, 0.15) is 11.5 Å². The van der Waals surface area contributed by atoms with E-state index in [4.69, 9.17) is 9.47 Å². The molecule has 0 fully saturated rings. The van der Waals surface area contributed by atoms with Crippen molar-refractivity contribution >= 4 is 44.2 Å². The average molecular weight is 383 g/mol. The standard InChI is InChI=1S/C19H17N3O4S/c1-3-25-11-8-9-13-15(10-11)27-18(21-13)22-17(24)19(2)16(23)20-12-6-4-5-7-14(12)26-19/h4-10H,3H2,1-2H3,(H,20,23)(H,21,22,24). The first-order chi connectivity index (χ1) is 13.0. The number of carbonyl (C=O) groups excluding carboxylic acids is 2. The topological polar surface area (TPSA) is 89.6 Å². The highest BCUT2D eigenvalue weighted by atomic mass is 32.1. The van der Waals surface area contributed by atoms with Gasteiger partial charge in [-0.15, -0.1) is 0 Å². The summed E-state index contributed by atoms with van der Waals surface area (Å²) >= 11 is 1.30. The summed E-state index contributed by atoms with van der Waals surface area (Å²) in [6, 6.07) is 12.5. The molecule has 0 bridgehead atoms. The number of para-hydroxylation sites is 2. The number of nitrogens with zero attached hydrogens (tertiary/aromatic N) is 1. The molecule has 1 atom stereocenters. The highest BCUT2D eigenvalue weighted by Crippen LogP contribution is 2.35. The lowest BCUT2D eigenvalue weighted by Crippen LogP contribution is -2.56. The highest BCUT2D eigenvalue weighted by molar-refractivity contribution is 7.22. The van der Waals surface area contributed by atoms with E-state index in [2.05, 4.69) is 15.6 Å². The fraction of sp³-hybridized carbons (Fsp3) is 0.211. The minimum atomic E-state index is -1.69. The molecule has 8 heteroatoms. The van der Waals surface area contributed by atoms with Crippen molar-refractivity contribution in [2.45, 2.75) is 19.4 Å². The van der Waals surface area contributed by atoms with Crippen LogP contribution in [0.1, 0.15) is 13.8 Å². The third-order valence-corrected chi connectivity index (χ3v) is 5.14. The Hall–Kier alpha value is -3.13. The first-order valence-electron chi connectivity index (χ1n) is 8.44. The largest absolute Gasteiger partial charge is 0.494 e. The van der Waals surface area contributed by atoms with Gasteiger partial charge in [0.05, 0.1) is 22.5 Å². The van der Waals surface area contributed by atoms with Gasteiger partial charge >= 0.3 is 0 Å². The van der Waals surface area contributed by atoms with Gasteiger partial charge in [0.2, 0.25) is 0 Å². The smallest absolute Gasteiger partial charge is 0.280 e. The maximum absolute atomic E-state index is 12.8. The van der Waals surface area contributed by atoms with E-state index in [0.29, 0.717) is 23.2 Å². The number of aromatic nitrogens is 1. The van der Waals surface area contributed by atoms with E-state index in [1.807, 2.05) is 25.1 Å². The molecule has 0 saturated carbocycles. The third-order valence-electron chi connectivity index (χ3n) is 4.21. The van der Waals surface area contributed by atoms with Crippen LogP contribution in [-0.4, -0.2) is 29.0 Å². The molecule has 1 aromatic heterocycles. The Bertz CT molecular complexity index is 1050. The lowest BCUT2D eigenvalue weighted by atomic mass is 10.0. The minimum Gasteiger partial charge on any atom is -0.494 e. The maximum atomic E-state index is 12.8. The molecule has 4 rings (SSSR count). The molecule has 0 radical (unpaired) electrons. The zero-order valence-corrected chi connectivity index (χ0v) is 15.6. The van der Waals surface area contributed by atoms with Crippen LogP contribution in [0.2, 0.25) is 0 Å². The molecular weight excluding hydrogens is 366 g/mol. The minimum absolute atomic E-state index is 0.389. The van der Waals surface area contributed by atoms with Crippen molar-refractivity contribution in [3.8, 4) is 11.5 Å². The second-order valence-corrected chi connectivity index (χ2v) is 7.15. The van der Waals surface area contributed by atoms with Crippen LogP contribution in [-0.2, 0) is 9.59 Å². The van der Waals surface area contributed by atoms with Gasteiger partial charge in [-0.25, -0.2) is 4.98 Å². The van der Waals surface area contributed by atoms with E-state index in [0.717, 1.165) is 16.0 Å². The summed E-state index contributed by atoms with van der Waals surface area (Å²) in [6.07, 6.45) is 0. The lowest BCUT2D eigenvalue weighted by Gasteiger charge is -2.32. The van der Waals surface area contributed by atoms with E-state index in [1.54, 1.807) is 24.3 Å². The Labute approximate surface area is 159 Å². The fourth-order valence-electron chi connectivity index (χ4n) is 2.75. The normalized spacial score (nSPS) is 18.4. The van der Waals surface area contributed by atoms with Gasteiger partial charge in [-0.3, -0.25) is 14.9 Å². The van der Waals surface area contributed by atoms with Crippen LogP contribution in [0, 0.1) is 0 Å². The van der Waals surface area contributed by atoms with Crippen LogP contribution < -0.4 is 20.1 Å². The molecule has 0 spiro atoms. The van der Waals surface area contributed by atoms with Crippen LogP contribution in [0.3, 0.4) is 0 Å². The van der Waals surface area contributed by atoms with Crippen molar-refractivity contribution in [2.75, 3.05) is 17.2 Å². The summed E-state index contributed by atoms with van der Waals surface area (Å²) in [5, 5.41) is 5.79. The van der Waals surface area contributed by atoms with Crippen molar-refractivity contribution in [3.05, 3.63) is 42.5 Å². The number of amides is 2. The second kappa shape index (κ2) is 6.55. The quantitative estimate of drug-likeness (QED) is 0.674. The number of hydrogen-bond acceptors (Lipinski definition) is 6. The molecule has 1 aliphatic heterocycles. The van der Waals surface area contributed by atoms with E-state index in [1.165, 1.54) is 18.3 Å². The van der Waals surface area contributed by atoms with E-state index in [9.17, 15) is 9.59 Å².